The number of nitrogens with zero attached hydrogens (tertiary/aromatic N) is 2. The zero-order chi connectivity index (χ0) is 20.9. The van der Waals surface area contributed by atoms with Crippen LogP contribution in [0.25, 0.3) is 0 Å². The number of carboxylic acid groups (broad SMARTS) is 2. The average molecular weight is 403 g/mol. The zero-order valence-electron chi connectivity index (χ0n) is 14.7. The largest absolute Gasteiger partial charge is 0.490 e. The lowest BCUT2D eigenvalue weighted by Crippen LogP contribution is -2.49. The summed E-state index contributed by atoms with van der Waals surface area (Å²) < 4.78 is 31.7. The van der Waals surface area contributed by atoms with Crippen LogP contribution in [0.5, 0.6) is 0 Å². The summed E-state index contributed by atoms with van der Waals surface area (Å²) in [6.45, 7) is 2.84. The van der Waals surface area contributed by atoms with Gasteiger partial charge in [0, 0.05) is 26.2 Å². The Morgan fingerprint density at radius 2 is 1.82 bits per heavy atom. The first-order valence-corrected chi connectivity index (χ1v) is 8.46. The highest BCUT2D eigenvalue weighted by Gasteiger charge is 2.42. The van der Waals surface area contributed by atoms with Gasteiger partial charge >= 0.3 is 24.1 Å². The molecule has 2 saturated heterocycles. The molecule has 0 bridgehead atoms. The number of carbonyl (C=O) groups excluding carboxylic acids is 1. The van der Waals surface area contributed by atoms with Crippen molar-refractivity contribution in [3.8, 4) is 0 Å². The van der Waals surface area contributed by atoms with Crippen molar-refractivity contribution < 1.29 is 37.8 Å². The standard InChI is InChI=1S/C15H19N3O3.C2HF3O2/c19-14(20)8-13(11-4-2-1-3-5-11)18-10-12-9-16-6-7-17(12)15(18)21;3-2(4,5)1(6)7/h1-5,12-13,16H,6-10H2,(H,19,20);(H,6,7)/t12-,13?;/m0./s1. The Hall–Kier alpha value is -2.82. The Labute approximate surface area is 158 Å². The van der Waals surface area contributed by atoms with Crippen molar-refractivity contribution in [2.24, 2.45) is 0 Å². The highest BCUT2D eigenvalue weighted by Crippen LogP contribution is 2.30. The van der Waals surface area contributed by atoms with Gasteiger partial charge < -0.3 is 25.3 Å². The van der Waals surface area contributed by atoms with Crippen molar-refractivity contribution >= 4 is 18.0 Å². The summed E-state index contributed by atoms with van der Waals surface area (Å²) >= 11 is 0. The molecule has 8 nitrogen and oxygen atoms in total. The van der Waals surface area contributed by atoms with Crippen LogP contribution in [0.2, 0.25) is 0 Å². The fourth-order valence-electron chi connectivity index (χ4n) is 3.16. The maximum absolute atomic E-state index is 12.6. The summed E-state index contributed by atoms with van der Waals surface area (Å²) in [4.78, 5) is 36.2. The van der Waals surface area contributed by atoms with Crippen LogP contribution >= 0.6 is 0 Å². The Balaban J connectivity index is 0.000000345. The second-order valence-corrected chi connectivity index (χ2v) is 6.31. The Kier molecular flexibility index (Phi) is 6.84. The summed E-state index contributed by atoms with van der Waals surface area (Å²) in [6, 6.07) is 9.11. The molecule has 0 spiro atoms. The van der Waals surface area contributed by atoms with Crippen LogP contribution in [-0.2, 0) is 9.59 Å². The molecule has 3 N–H and O–H groups in total. The summed E-state index contributed by atoms with van der Waals surface area (Å²) in [6.07, 6.45) is -5.15. The molecule has 28 heavy (non-hydrogen) atoms. The Morgan fingerprint density at radius 3 is 2.32 bits per heavy atom. The van der Waals surface area contributed by atoms with Crippen molar-refractivity contribution in [3.63, 3.8) is 0 Å². The fourth-order valence-corrected chi connectivity index (χ4v) is 3.16. The molecule has 3 rings (SSSR count). The lowest BCUT2D eigenvalue weighted by molar-refractivity contribution is -0.192. The average Bonchev–Trinajstić information content (AvgIpc) is 2.97. The van der Waals surface area contributed by atoms with Gasteiger partial charge in [0.15, 0.2) is 0 Å². The number of rotatable bonds is 4. The summed E-state index contributed by atoms with van der Waals surface area (Å²) in [5.74, 6) is -3.65. The topological polar surface area (TPSA) is 110 Å². The van der Waals surface area contributed by atoms with E-state index in [0.29, 0.717) is 13.1 Å². The third-order valence-corrected chi connectivity index (χ3v) is 4.42. The molecule has 154 valence electrons. The molecule has 2 aliphatic heterocycles. The first-order valence-electron chi connectivity index (χ1n) is 8.46. The van der Waals surface area contributed by atoms with Gasteiger partial charge in [-0.2, -0.15) is 13.2 Å². The van der Waals surface area contributed by atoms with Gasteiger partial charge in [-0.15, -0.1) is 0 Å². The van der Waals surface area contributed by atoms with Crippen LogP contribution in [0.1, 0.15) is 18.0 Å². The van der Waals surface area contributed by atoms with Gasteiger partial charge in [-0.3, -0.25) is 4.79 Å². The molecular formula is C17H20F3N3O5. The molecule has 2 aliphatic rings. The number of nitrogens with one attached hydrogen (secondary N) is 1. The normalized spacial score (nSPS) is 20.1. The zero-order valence-corrected chi connectivity index (χ0v) is 14.7. The number of carboxylic acids is 2. The number of fused-ring (bicyclic) bond motifs is 1. The fraction of sp³-hybridized carbons (Fsp3) is 0.471. The van der Waals surface area contributed by atoms with E-state index in [1.807, 2.05) is 35.2 Å². The van der Waals surface area contributed by atoms with Crippen molar-refractivity contribution in [1.29, 1.82) is 0 Å². The minimum Gasteiger partial charge on any atom is -0.481 e. The van der Waals surface area contributed by atoms with Crippen LogP contribution in [0.4, 0.5) is 18.0 Å². The lowest BCUT2D eigenvalue weighted by Gasteiger charge is -2.29. The van der Waals surface area contributed by atoms with Gasteiger partial charge in [0.25, 0.3) is 0 Å². The van der Waals surface area contributed by atoms with E-state index in [1.54, 1.807) is 4.90 Å². The first-order chi connectivity index (χ1) is 13.1. The van der Waals surface area contributed by atoms with E-state index in [9.17, 15) is 27.9 Å². The summed E-state index contributed by atoms with van der Waals surface area (Å²) in [7, 11) is 0. The van der Waals surface area contributed by atoms with E-state index >= 15 is 0 Å². The molecule has 0 radical (unpaired) electrons. The number of carbonyl (C=O) groups is 3. The molecule has 11 heteroatoms. The van der Waals surface area contributed by atoms with E-state index in [0.717, 1.165) is 18.7 Å². The van der Waals surface area contributed by atoms with Crippen LogP contribution in [0, 0.1) is 0 Å². The van der Waals surface area contributed by atoms with Crippen molar-refractivity contribution in [3.05, 3.63) is 35.9 Å². The molecule has 0 aromatic heterocycles. The van der Waals surface area contributed by atoms with Crippen LogP contribution in [0.15, 0.2) is 30.3 Å². The molecule has 2 fully saturated rings. The molecule has 2 atom stereocenters. The maximum Gasteiger partial charge on any atom is 0.490 e. The van der Waals surface area contributed by atoms with Crippen LogP contribution < -0.4 is 5.32 Å². The number of benzene rings is 1. The van der Waals surface area contributed by atoms with Crippen LogP contribution in [0.3, 0.4) is 0 Å². The molecule has 0 aliphatic carbocycles. The Bertz CT molecular complexity index is 714. The number of amides is 2. The maximum atomic E-state index is 12.6. The first kappa shape index (κ1) is 21.5. The van der Waals surface area contributed by atoms with Gasteiger partial charge in [-0.25, -0.2) is 9.59 Å². The van der Waals surface area contributed by atoms with Gasteiger partial charge in [0.05, 0.1) is 18.5 Å². The molecule has 2 amide bonds. The molecule has 1 aromatic rings. The quantitative estimate of drug-likeness (QED) is 0.704. The molecule has 1 unspecified atom stereocenters. The summed E-state index contributed by atoms with van der Waals surface area (Å²) in [5, 5.41) is 19.6. The van der Waals surface area contributed by atoms with Gasteiger partial charge in [-0.1, -0.05) is 30.3 Å². The van der Waals surface area contributed by atoms with Gasteiger partial charge in [0.1, 0.15) is 0 Å². The molecule has 0 saturated carbocycles. The summed E-state index contributed by atoms with van der Waals surface area (Å²) in [5.41, 5.74) is 0.876. The van der Waals surface area contributed by atoms with Gasteiger partial charge in [0.2, 0.25) is 0 Å². The number of halogens is 3. The number of urea groups is 1. The van der Waals surface area contributed by atoms with E-state index in [2.05, 4.69) is 5.32 Å². The highest BCUT2D eigenvalue weighted by molar-refractivity contribution is 5.79. The van der Waals surface area contributed by atoms with E-state index in [4.69, 9.17) is 9.90 Å². The minimum absolute atomic E-state index is 0.0448. The molecular weight excluding hydrogens is 383 g/mol. The monoisotopic (exact) mass is 403 g/mol. The minimum atomic E-state index is -5.08. The van der Waals surface area contributed by atoms with Crippen molar-refractivity contribution in [2.75, 3.05) is 26.2 Å². The molecule has 1 aromatic carbocycles. The predicted molar refractivity (Wildman–Crippen MR) is 90.6 cm³/mol. The number of hydrogen-bond donors (Lipinski definition) is 3. The van der Waals surface area contributed by atoms with E-state index < -0.39 is 24.2 Å². The highest BCUT2D eigenvalue weighted by atomic mass is 19.4. The molecule has 2 heterocycles. The predicted octanol–water partition coefficient (Wildman–Crippen LogP) is 1.55. The number of aliphatic carboxylic acids is 2. The number of hydrogen-bond acceptors (Lipinski definition) is 4. The van der Waals surface area contributed by atoms with E-state index in [-0.39, 0.29) is 18.5 Å². The lowest BCUT2D eigenvalue weighted by atomic mass is 10.0. The third-order valence-electron chi connectivity index (χ3n) is 4.42. The van der Waals surface area contributed by atoms with Crippen molar-refractivity contribution in [1.82, 2.24) is 15.1 Å². The van der Waals surface area contributed by atoms with E-state index in [1.165, 1.54) is 0 Å². The van der Waals surface area contributed by atoms with Gasteiger partial charge in [-0.05, 0) is 5.56 Å². The second-order valence-electron chi connectivity index (χ2n) is 6.31. The smallest absolute Gasteiger partial charge is 0.481 e. The third kappa shape index (κ3) is 5.35. The second kappa shape index (κ2) is 8.91. The van der Waals surface area contributed by atoms with Crippen molar-refractivity contribution in [2.45, 2.75) is 24.7 Å². The Morgan fingerprint density at radius 1 is 1.21 bits per heavy atom. The number of alkyl halides is 3. The SMILES string of the molecule is O=C(O)C(F)(F)F.O=C(O)CC(c1ccccc1)N1C[C@@H]2CNCCN2C1=O. The number of piperazine rings is 1. The van der Waals surface area contributed by atoms with Crippen LogP contribution in [-0.4, -0.2) is 76.4 Å².